The third kappa shape index (κ3) is 1.46. The van der Waals surface area contributed by atoms with E-state index in [-0.39, 0.29) is 0 Å². The lowest BCUT2D eigenvalue weighted by atomic mass is 10.3. The first-order valence-electron chi connectivity index (χ1n) is 2.76. The fourth-order valence-corrected chi connectivity index (χ4v) is 1.33. The molecule has 0 radical (unpaired) electrons. The third-order valence-electron chi connectivity index (χ3n) is 1.12. The predicted octanol–water partition coefficient (Wildman–Crippen LogP) is -0.375. The molecule has 66 valence electrons. The first-order chi connectivity index (χ1) is 5.43. The van der Waals surface area contributed by atoms with Crippen LogP contribution in [0.1, 0.15) is 10.4 Å². The van der Waals surface area contributed by atoms with Crippen LogP contribution in [-0.4, -0.2) is 19.5 Å². The van der Waals surface area contributed by atoms with Gasteiger partial charge < -0.3 is 9.52 Å². The molecule has 0 amide bonds. The second-order valence-corrected chi connectivity index (χ2v) is 3.43. The fraction of sp³-hybridized carbons (Fsp3) is 0. The molecule has 6 nitrogen and oxygen atoms in total. The highest BCUT2D eigenvalue weighted by molar-refractivity contribution is 7.89. The number of primary sulfonamides is 1. The van der Waals surface area contributed by atoms with E-state index in [9.17, 15) is 13.2 Å². The summed E-state index contributed by atoms with van der Waals surface area (Å²) in [6, 6.07) is 1.02. The van der Waals surface area contributed by atoms with Gasteiger partial charge in [-0.2, -0.15) is 0 Å². The number of nitrogens with two attached hydrogens (primary N) is 1. The number of carboxylic acids is 1. The average Bonchev–Trinajstić information content (AvgIpc) is 2.30. The lowest BCUT2D eigenvalue weighted by Crippen LogP contribution is -2.14. The lowest BCUT2D eigenvalue weighted by Gasteiger charge is -1.92. The first kappa shape index (κ1) is 8.75. The molecule has 0 atom stereocenters. The molecule has 1 heterocycles. The number of hydrogen-bond acceptors (Lipinski definition) is 4. The van der Waals surface area contributed by atoms with Gasteiger partial charge in [-0.3, -0.25) is 0 Å². The molecular formula is C5H5NO5S. The standard InChI is InChI=1S/C5H5NO5S/c6-12(9,10)5-3(4(7)8)1-2-11-5/h1-2H,(H,7,8)(H2,6,9,10). The Balaban J connectivity index is 3.36. The number of carbonyl (C=O) groups is 1. The minimum Gasteiger partial charge on any atom is -0.478 e. The summed E-state index contributed by atoms with van der Waals surface area (Å²) in [6.07, 6.45) is 0.948. The minimum absolute atomic E-state index is 0.461. The Labute approximate surface area is 67.6 Å². The van der Waals surface area contributed by atoms with Crippen LogP contribution in [0.3, 0.4) is 0 Å². The van der Waals surface area contributed by atoms with Crippen LogP contribution in [0.5, 0.6) is 0 Å². The topological polar surface area (TPSA) is 111 Å². The van der Waals surface area contributed by atoms with Crippen LogP contribution in [0.25, 0.3) is 0 Å². The van der Waals surface area contributed by atoms with Crippen LogP contribution in [-0.2, 0) is 10.0 Å². The highest BCUT2D eigenvalue weighted by Gasteiger charge is 2.22. The Kier molecular flexibility index (Phi) is 1.90. The Bertz CT molecular complexity index is 403. The molecule has 0 fully saturated rings. The summed E-state index contributed by atoms with van der Waals surface area (Å²) >= 11 is 0. The normalized spacial score (nSPS) is 11.4. The summed E-state index contributed by atoms with van der Waals surface area (Å²) in [4.78, 5) is 10.3. The lowest BCUT2D eigenvalue weighted by molar-refractivity contribution is 0.0689. The van der Waals surface area contributed by atoms with Crippen LogP contribution in [0, 0.1) is 0 Å². The molecule has 0 aliphatic heterocycles. The third-order valence-corrected chi connectivity index (χ3v) is 1.95. The van der Waals surface area contributed by atoms with E-state index in [2.05, 4.69) is 9.56 Å². The molecule has 0 saturated carbocycles. The van der Waals surface area contributed by atoms with Crippen molar-refractivity contribution in [3.05, 3.63) is 17.9 Å². The van der Waals surface area contributed by atoms with Crippen LogP contribution in [0.4, 0.5) is 0 Å². The van der Waals surface area contributed by atoms with E-state index in [1.165, 1.54) is 0 Å². The zero-order chi connectivity index (χ0) is 9.35. The predicted molar refractivity (Wildman–Crippen MR) is 37.0 cm³/mol. The molecule has 3 N–H and O–H groups in total. The molecule has 0 spiro atoms. The van der Waals surface area contributed by atoms with Gasteiger partial charge in [0.25, 0.3) is 10.0 Å². The van der Waals surface area contributed by atoms with E-state index < -0.39 is 26.6 Å². The Morgan fingerprint density at radius 3 is 2.50 bits per heavy atom. The Morgan fingerprint density at radius 2 is 2.17 bits per heavy atom. The van der Waals surface area contributed by atoms with Crippen molar-refractivity contribution in [1.82, 2.24) is 0 Å². The van der Waals surface area contributed by atoms with Gasteiger partial charge in [0, 0.05) is 0 Å². The molecule has 0 bridgehead atoms. The highest BCUT2D eigenvalue weighted by Crippen LogP contribution is 2.14. The van der Waals surface area contributed by atoms with Crippen LogP contribution < -0.4 is 5.14 Å². The summed E-state index contributed by atoms with van der Waals surface area (Å²) in [5.74, 6) is -1.40. The van der Waals surface area contributed by atoms with Crippen molar-refractivity contribution >= 4 is 16.0 Å². The maximum absolute atomic E-state index is 10.6. The quantitative estimate of drug-likeness (QED) is 0.662. The summed E-state index contributed by atoms with van der Waals surface area (Å²) < 4.78 is 25.7. The molecule has 1 aromatic rings. The summed E-state index contributed by atoms with van der Waals surface area (Å²) in [5.41, 5.74) is -0.461. The fourth-order valence-electron chi connectivity index (χ4n) is 0.674. The largest absolute Gasteiger partial charge is 0.478 e. The second kappa shape index (κ2) is 2.61. The number of furan rings is 1. The van der Waals surface area contributed by atoms with Gasteiger partial charge in [0.1, 0.15) is 5.56 Å². The van der Waals surface area contributed by atoms with Crippen molar-refractivity contribution < 1.29 is 22.7 Å². The van der Waals surface area contributed by atoms with Gasteiger partial charge in [-0.05, 0) is 6.07 Å². The summed E-state index contributed by atoms with van der Waals surface area (Å²) in [6.45, 7) is 0. The van der Waals surface area contributed by atoms with E-state index >= 15 is 0 Å². The molecule has 0 saturated heterocycles. The zero-order valence-corrected chi connectivity index (χ0v) is 6.54. The number of hydrogen-bond donors (Lipinski definition) is 2. The Morgan fingerprint density at radius 1 is 1.58 bits per heavy atom. The van der Waals surface area contributed by atoms with Gasteiger partial charge >= 0.3 is 5.97 Å². The molecular weight excluding hydrogens is 186 g/mol. The van der Waals surface area contributed by atoms with E-state index in [0.717, 1.165) is 12.3 Å². The smallest absolute Gasteiger partial charge is 0.340 e. The van der Waals surface area contributed by atoms with Crippen molar-refractivity contribution in [3.8, 4) is 0 Å². The van der Waals surface area contributed by atoms with Gasteiger partial charge in [0.05, 0.1) is 6.26 Å². The second-order valence-electron chi connectivity index (χ2n) is 1.97. The van der Waals surface area contributed by atoms with Crippen molar-refractivity contribution in [2.24, 2.45) is 5.14 Å². The molecule has 1 aromatic heterocycles. The van der Waals surface area contributed by atoms with Crippen LogP contribution in [0.2, 0.25) is 0 Å². The number of aromatic carboxylic acids is 1. The van der Waals surface area contributed by atoms with E-state index in [0.29, 0.717) is 0 Å². The van der Waals surface area contributed by atoms with Gasteiger partial charge in [-0.1, -0.05) is 0 Å². The summed E-state index contributed by atoms with van der Waals surface area (Å²) in [7, 11) is -4.08. The molecule has 0 aliphatic rings. The maximum atomic E-state index is 10.6. The molecule has 0 aliphatic carbocycles. The van der Waals surface area contributed by atoms with Gasteiger partial charge in [-0.15, -0.1) is 0 Å². The van der Waals surface area contributed by atoms with Crippen molar-refractivity contribution in [3.63, 3.8) is 0 Å². The maximum Gasteiger partial charge on any atom is 0.340 e. The monoisotopic (exact) mass is 191 g/mol. The van der Waals surface area contributed by atoms with Gasteiger partial charge in [0.15, 0.2) is 0 Å². The minimum atomic E-state index is -4.08. The average molecular weight is 191 g/mol. The van der Waals surface area contributed by atoms with E-state index in [1.807, 2.05) is 0 Å². The Hall–Kier alpha value is -1.34. The SMILES string of the molecule is NS(=O)(=O)c1occc1C(=O)O. The number of carboxylic acid groups (broad SMARTS) is 1. The molecule has 0 aromatic carbocycles. The molecule has 0 unspecified atom stereocenters. The van der Waals surface area contributed by atoms with Crippen molar-refractivity contribution in [1.29, 1.82) is 0 Å². The van der Waals surface area contributed by atoms with Crippen LogP contribution >= 0.6 is 0 Å². The molecule has 7 heteroatoms. The molecule has 1 rings (SSSR count). The first-order valence-corrected chi connectivity index (χ1v) is 4.31. The number of rotatable bonds is 2. The highest BCUT2D eigenvalue weighted by atomic mass is 32.2. The van der Waals surface area contributed by atoms with Gasteiger partial charge in [0.2, 0.25) is 5.09 Å². The van der Waals surface area contributed by atoms with Crippen molar-refractivity contribution in [2.45, 2.75) is 5.09 Å². The van der Waals surface area contributed by atoms with E-state index in [4.69, 9.17) is 5.11 Å². The van der Waals surface area contributed by atoms with E-state index in [1.54, 1.807) is 0 Å². The zero-order valence-electron chi connectivity index (χ0n) is 5.72. The molecule has 12 heavy (non-hydrogen) atoms. The summed E-state index contributed by atoms with van der Waals surface area (Å²) in [5, 5.41) is 12.4. The van der Waals surface area contributed by atoms with Crippen molar-refractivity contribution in [2.75, 3.05) is 0 Å². The van der Waals surface area contributed by atoms with Crippen LogP contribution in [0.15, 0.2) is 21.8 Å². The number of sulfonamides is 1. The van der Waals surface area contributed by atoms with Gasteiger partial charge in [-0.25, -0.2) is 18.4 Å².